The second-order valence-corrected chi connectivity index (χ2v) is 7.18. The van der Waals surface area contributed by atoms with E-state index in [9.17, 15) is 4.79 Å². The van der Waals surface area contributed by atoms with E-state index in [2.05, 4.69) is 24.3 Å². The van der Waals surface area contributed by atoms with Crippen molar-refractivity contribution in [3.63, 3.8) is 0 Å². The van der Waals surface area contributed by atoms with Crippen LogP contribution in [0.25, 0.3) is 11.1 Å². The summed E-state index contributed by atoms with van der Waals surface area (Å²) in [5, 5.41) is 9.15. The second-order valence-electron chi connectivity index (χ2n) is 5.58. The van der Waals surface area contributed by atoms with E-state index in [0.29, 0.717) is 6.42 Å². The fourth-order valence-electron chi connectivity index (χ4n) is 2.37. The Balaban J connectivity index is 1.67. The second kappa shape index (κ2) is 10.4. The van der Waals surface area contributed by atoms with Crippen LogP contribution >= 0.6 is 23.4 Å². The maximum atomic E-state index is 10.9. The molecule has 0 unspecified atom stereocenters. The number of amides is 1. The van der Waals surface area contributed by atoms with Gasteiger partial charge in [-0.15, -0.1) is 11.8 Å². The quantitative estimate of drug-likeness (QED) is 0.265. The van der Waals surface area contributed by atoms with Gasteiger partial charge in [-0.25, -0.2) is 5.48 Å². The number of carbonyl (C=O) groups is 1. The molecule has 0 aromatic heterocycles. The third-order valence-electron chi connectivity index (χ3n) is 3.72. The summed E-state index contributed by atoms with van der Waals surface area (Å²) in [7, 11) is 0. The van der Waals surface area contributed by atoms with Crippen molar-refractivity contribution >= 4 is 29.3 Å². The zero-order valence-corrected chi connectivity index (χ0v) is 15.1. The molecule has 0 heterocycles. The molecule has 128 valence electrons. The normalized spacial score (nSPS) is 10.6. The standard InChI is InChI=1S/C19H22ClNO2S/c20-17-10-6-15(7-11-17)16-8-12-18(13-9-16)24-14-4-2-1-3-5-19(22)21-23/h6-13,23H,1-5,14H2,(H,21,22). The topological polar surface area (TPSA) is 49.3 Å². The maximum Gasteiger partial charge on any atom is 0.243 e. The Hall–Kier alpha value is -1.49. The first-order valence-electron chi connectivity index (χ1n) is 8.11. The van der Waals surface area contributed by atoms with Crippen LogP contribution in [-0.2, 0) is 4.79 Å². The molecule has 24 heavy (non-hydrogen) atoms. The lowest BCUT2D eigenvalue weighted by Crippen LogP contribution is -2.17. The SMILES string of the molecule is O=C(CCCCCCSc1ccc(-c2ccc(Cl)cc2)cc1)NO. The Morgan fingerprint density at radius 1 is 0.917 bits per heavy atom. The molecular weight excluding hydrogens is 342 g/mol. The molecule has 0 aliphatic heterocycles. The average Bonchev–Trinajstić information content (AvgIpc) is 2.62. The Labute approximate surface area is 152 Å². The molecule has 0 radical (unpaired) electrons. The molecule has 0 spiro atoms. The Morgan fingerprint density at radius 3 is 2.12 bits per heavy atom. The molecule has 0 aliphatic carbocycles. The summed E-state index contributed by atoms with van der Waals surface area (Å²) in [6, 6.07) is 16.5. The molecule has 3 nitrogen and oxygen atoms in total. The first-order valence-corrected chi connectivity index (χ1v) is 9.47. The summed E-state index contributed by atoms with van der Waals surface area (Å²) in [5.41, 5.74) is 4.02. The Bertz CT molecular complexity index is 629. The number of benzene rings is 2. The predicted molar refractivity (Wildman–Crippen MR) is 101 cm³/mol. The minimum atomic E-state index is -0.301. The van der Waals surface area contributed by atoms with Crippen LogP contribution in [0.4, 0.5) is 0 Å². The van der Waals surface area contributed by atoms with Gasteiger partial charge >= 0.3 is 0 Å². The number of thioether (sulfide) groups is 1. The fraction of sp³-hybridized carbons (Fsp3) is 0.316. The molecule has 2 rings (SSSR count). The van der Waals surface area contributed by atoms with E-state index in [1.807, 2.05) is 36.0 Å². The average molecular weight is 364 g/mol. The van der Waals surface area contributed by atoms with E-state index in [-0.39, 0.29) is 5.91 Å². The first-order chi connectivity index (χ1) is 11.7. The van der Waals surface area contributed by atoms with Crippen molar-refractivity contribution < 1.29 is 10.0 Å². The molecule has 0 aliphatic rings. The van der Waals surface area contributed by atoms with Gasteiger partial charge in [-0.05, 0) is 54.0 Å². The van der Waals surface area contributed by atoms with Crippen molar-refractivity contribution in [3.05, 3.63) is 53.6 Å². The van der Waals surface area contributed by atoms with Crippen LogP contribution < -0.4 is 5.48 Å². The minimum absolute atomic E-state index is 0.301. The molecule has 0 fully saturated rings. The molecule has 0 saturated carbocycles. The monoisotopic (exact) mass is 363 g/mol. The van der Waals surface area contributed by atoms with Crippen molar-refractivity contribution in [3.8, 4) is 11.1 Å². The molecule has 2 N–H and O–H groups in total. The van der Waals surface area contributed by atoms with Gasteiger partial charge in [-0.1, -0.05) is 48.7 Å². The lowest BCUT2D eigenvalue weighted by molar-refractivity contribution is -0.129. The van der Waals surface area contributed by atoms with Gasteiger partial charge in [-0.3, -0.25) is 10.0 Å². The van der Waals surface area contributed by atoms with Gasteiger partial charge in [0.15, 0.2) is 0 Å². The largest absolute Gasteiger partial charge is 0.289 e. The highest BCUT2D eigenvalue weighted by atomic mass is 35.5. The molecule has 2 aromatic rings. The smallest absolute Gasteiger partial charge is 0.243 e. The van der Waals surface area contributed by atoms with Crippen LogP contribution in [0.2, 0.25) is 5.02 Å². The van der Waals surface area contributed by atoms with E-state index in [4.69, 9.17) is 16.8 Å². The van der Waals surface area contributed by atoms with Crippen LogP contribution in [0, 0.1) is 0 Å². The number of rotatable bonds is 9. The van der Waals surface area contributed by atoms with E-state index < -0.39 is 0 Å². The van der Waals surface area contributed by atoms with Crippen LogP contribution in [-0.4, -0.2) is 16.9 Å². The number of halogens is 1. The lowest BCUT2D eigenvalue weighted by atomic mass is 10.1. The highest BCUT2D eigenvalue weighted by molar-refractivity contribution is 7.99. The van der Waals surface area contributed by atoms with Gasteiger partial charge in [0.2, 0.25) is 5.91 Å². The van der Waals surface area contributed by atoms with Gasteiger partial charge in [0.25, 0.3) is 0 Å². The lowest BCUT2D eigenvalue weighted by Gasteiger charge is -2.05. The van der Waals surface area contributed by atoms with Crippen molar-refractivity contribution in [1.29, 1.82) is 0 Å². The number of hydroxylamine groups is 1. The van der Waals surface area contributed by atoms with Gasteiger partial charge in [0, 0.05) is 16.3 Å². The summed E-state index contributed by atoms with van der Waals surface area (Å²) < 4.78 is 0. The number of unbranched alkanes of at least 4 members (excludes halogenated alkanes) is 3. The number of nitrogens with one attached hydrogen (secondary N) is 1. The summed E-state index contributed by atoms with van der Waals surface area (Å²) >= 11 is 7.77. The number of hydrogen-bond acceptors (Lipinski definition) is 3. The van der Waals surface area contributed by atoms with Crippen molar-refractivity contribution in [2.45, 2.75) is 37.0 Å². The zero-order valence-electron chi connectivity index (χ0n) is 13.5. The van der Waals surface area contributed by atoms with Crippen LogP contribution in [0.3, 0.4) is 0 Å². The van der Waals surface area contributed by atoms with Crippen molar-refractivity contribution in [2.75, 3.05) is 5.75 Å². The Morgan fingerprint density at radius 2 is 1.50 bits per heavy atom. The molecular formula is C19H22ClNO2S. The van der Waals surface area contributed by atoms with Crippen LogP contribution in [0.15, 0.2) is 53.4 Å². The highest BCUT2D eigenvalue weighted by Gasteiger charge is 2.00. The van der Waals surface area contributed by atoms with Crippen molar-refractivity contribution in [1.82, 2.24) is 5.48 Å². The maximum absolute atomic E-state index is 10.9. The molecule has 0 bridgehead atoms. The summed E-state index contributed by atoms with van der Waals surface area (Å²) in [4.78, 5) is 12.1. The van der Waals surface area contributed by atoms with E-state index >= 15 is 0 Å². The molecule has 5 heteroatoms. The van der Waals surface area contributed by atoms with Crippen molar-refractivity contribution in [2.24, 2.45) is 0 Å². The minimum Gasteiger partial charge on any atom is -0.289 e. The summed E-state index contributed by atoms with van der Waals surface area (Å²) in [5.74, 6) is 0.775. The van der Waals surface area contributed by atoms with Gasteiger partial charge in [-0.2, -0.15) is 0 Å². The van der Waals surface area contributed by atoms with E-state index in [1.165, 1.54) is 16.0 Å². The van der Waals surface area contributed by atoms with Crippen LogP contribution in [0.1, 0.15) is 32.1 Å². The molecule has 2 aromatic carbocycles. The third-order valence-corrected chi connectivity index (χ3v) is 5.07. The van der Waals surface area contributed by atoms with E-state index in [0.717, 1.165) is 36.5 Å². The van der Waals surface area contributed by atoms with Gasteiger partial charge in [0.1, 0.15) is 0 Å². The molecule has 0 atom stereocenters. The Kier molecular flexibility index (Phi) is 8.16. The fourth-order valence-corrected chi connectivity index (χ4v) is 3.41. The molecule has 0 saturated heterocycles. The van der Waals surface area contributed by atoms with E-state index in [1.54, 1.807) is 5.48 Å². The number of hydrogen-bond donors (Lipinski definition) is 2. The molecule has 1 amide bonds. The predicted octanol–water partition coefficient (Wildman–Crippen LogP) is 5.56. The summed E-state index contributed by atoms with van der Waals surface area (Å²) in [6.45, 7) is 0. The van der Waals surface area contributed by atoms with Crippen LogP contribution in [0.5, 0.6) is 0 Å². The number of carbonyl (C=O) groups excluding carboxylic acids is 1. The third kappa shape index (κ3) is 6.56. The van der Waals surface area contributed by atoms with Gasteiger partial charge < -0.3 is 0 Å². The first kappa shape index (κ1) is 18.8. The summed E-state index contributed by atoms with van der Waals surface area (Å²) in [6.07, 6.45) is 4.48. The highest BCUT2D eigenvalue weighted by Crippen LogP contribution is 2.26. The zero-order chi connectivity index (χ0) is 17.2. The van der Waals surface area contributed by atoms with Gasteiger partial charge in [0.05, 0.1) is 0 Å².